The minimum Gasteiger partial charge on any atom is -0.478 e. The van der Waals surface area contributed by atoms with Gasteiger partial charge in [0.2, 0.25) is 0 Å². The molecule has 0 saturated carbocycles. The number of rotatable bonds is 3. The summed E-state index contributed by atoms with van der Waals surface area (Å²) in [5.41, 5.74) is 0.588. The first-order valence-corrected chi connectivity index (χ1v) is 5.28. The van der Waals surface area contributed by atoms with Crippen molar-refractivity contribution in [2.75, 3.05) is 6.61 Å². The molecule has 0 aromatic heterocycles. The monoisotopic (exact) mass is 218 g/mol. The van der Waals surface area contributed by atoms with E-state index in [4.69, 9.17) is 5.11 Å². The Morgan fingerprint density at radius 3 is 2.44 bits per heavy atom. The van der Waals surface area contributed by atoms with Gasteiger partial charge in [-0.25, -0.2) is 4.79 Å². The maximum absolute atomic E-state index is 11.1. The van der Waals surface area contributed by atoms with E-state index in [1.165, 1.54) is 0 Å². The van der Waals surface area contributed by atoms with E-state index in [0.717, 1.165) is 5.56 Å². The van der Waals surface area contributed by atoms with Crippen LogP contribution in [0.1, 0.15) is 28.8 Å². The molecular formula is C13H14O3. The number of aliphatic hydroxyl groups is 1. The van der Waals surface area contributed by atoms with Crippen LogP contribution in [0.25, 0.3) is 0 Å². The summed E-state index contributed by atoms with van der Waals surface area (Å²) < 4.78 is 0. The lowest BCUT2D eigenvalue weighted by Gasteiger charge is -2.28. The first-order valence-electron chi connectivity index (χ1n) is 5.28. The minimum atomic E-state index is -0.935. The van der Waals surface area contributed by atoms with Gasteiger partial charge in [-0.3, -0.25) is 0 Å². The highest BCUT2D eigenvalue weighted by atomic mass is 16.4. The maximum Gasteiger partial charge on any atom is 0.335 e. The summed E-state index contributed by atoms with van der Waals surface area (Å²) >= 11 is 0. The number of hydrogen-bond acceptors (Lipinski definition) is 2. The number of carbonyl (C=O) groups is 1. The Kier molecular flexibility index (Phi) is 2.79. The van der Waals surface area contributed by atoms with Gasteiger partial charge in [-0.05, 0) is 24.5 Å². The molecule has 3 nitrogen and oxygen atoms in total. The molecule has 0 amide bonds. The van der Waals surface area contributed by atoms with Gasteiger partial charge in [0, 0.05) is 5.41 Å². The number of hydrogen-bond donors (Lipinski definition) is 2. The number of aromatic carboxylic acids is 1. The fraction of sp³-hybridized carbons (Fsp3) is 0.308. The fourth-order valence-corrected chi connectivity index (χ4v) is 2.27. The molecule has 1 aliphatic rings. The van der Waals surface area contributed by atoms with Crippen LogP contribution in [0.5, 0.6) is 0 Å². The maximum atomic E-state index is 11.1. The molecule has 3 heteroatoms. The summed E-state index contributed by atoms with van der Waals surface area (Å²) in [4.78, 5) is 11.1. The topological polar surface area (TPSA) is 57.5 Å². The van der Waals surface area contributed by atoms with Crippen LogP contribution in [0.15, 0.2) is 36.4 Å². The van der Waals surface area contributed by atoms with Gasteiger partial charge < -0.3 is 10.2 Å². The van der Waals surface area contributed by atoms with E-state index < -0.39 is 11.4 Å². The molecule has 0 fully saturated rings. The van der Waals surface area contributed by atoms with Crippen LogP contribution in [0.3, 0.4) is 0 Å². The van der Waals surface area contributed by atoms with E-state index in [2.05, 4.69) is 0 Å². The molecule has 1 aliphatic carbocycles. The predicted octanol–water partition coefficient (Wildman–Crippen LogP) is 1.96. The van der Waals surface area contributed by atoms with Crippen molar-refractivity contribution in [1.29, 1.82) is 0 Å². The molecule has 0 spiro atoms. The highest BCUT2D eigenvalue weighted by Gasteiger charge is 2.35. The van der Waals surface area contributed by atoms with Crippen molar-refractivity contribution in [3.63, 3.8) is 0 Å². The van der Waals surface area contributed by atoms with Gasteiger partial charge in [-0.1, -0.05) is 30.4 Å². The molecule has 84 valence electrons. The summed E-state index contributed by atoms with van der Waals surface area (Å²) in [5.74, 6) is -0.935. The van der Waals surface area contributed by atoms with Crippen LogP contribution in [-0.2, 0) is 5.41 Å². The van der Waals surface area contributed by atoms with Crippen molar-refractivity contribution >= 4 is 5.97 Å². The standard InChI is InChI=1S/C13H14O3/c14-9-13(7-3-4-8-13)11-6-2-1-5-10(11)12(15)16/h1-6,14H,7-9H2,(H,15,16). The van der Waals surface area contributed by atoms with Crippen LogP contribution in [0.4, 0.5) is 0 Å². The van der Waals surface area contributed by atoms with Crippen LogP contribution in [-0.4, -0.2) is 22.8 Å². The van der Waals surface area contributed by atoms with Gasteiger partial charge in [-0.15, -0.1) is 0 Å². The van der Waals surface area contributed by atoms with Crippen molar-refractivity contribution < 1.29 is 15.0 Å². The van der Waals surface area contributed by atoms with Crippen LogP contribution >= 0.6 is 0 Å². The molecule has 0 aliphatic heterocycles. The van der Waals surface area contributed by atoms with Gasteiger partial charge in [0.15, 0.2) is 0 Å². The second kappa shape index (κ2) is 4.10. The molecule has 0 atom stereocenters. The van der Waals surface area contributed by atoms with Gasteiger partial charge in [0.1, 0.15) is 0 Å². The molecule has 1 aromatic carbocycles. The molecule has 2 rings (SSSR count). The largest absolute Gasteiger partial charge is 0.478 e. The first-order chi connectivity index (χ1) is 7.69. The van der Waals surface area contributed by atoms with E-state index in [1.807, 2.05) is 18.2 Å². The van der Waals surface area contributed by atoms with E-state index in [9.17, 15) is 9.90 Å². The molecule has 2 N–H and O–H groups in total. The predicted molar refractivity (Wildman–Crippen MR) is 60.5 cm³/mol. The fourth-order valence-electron chi connectivity index (χ4n) is 2.27. The average molecular weight is 218 g/mol. The van der Waals surface area contributed by atoms with E-state index in [-0.39, 0.29) is 6.61 Å². The SMILES string of the molecule is O=C(O)c1ccccc1C1(CO)CC=CC1. The quantitative estimate of drug-likeness (QED) is 0.762. The summed E-state index contributed by atoms with van der Waals surface area (Å²) in [6.07, 6.45) is 5.39. The number of carboxylic acids is 1. The second-order valence-corrected chi connectivity index (χ2v) is 4.17. The Morgan fingerprint density at radius 2 is 1.88 bits per heavy atom. The van der Waals surface area contributed by atoms with Crippen molar-refractivity contribution in [1.82, 2.24) is 0 Å². The summed E-state index contributed by atoms with van der Waals surface area (Å²) in [6, 6.07) is 6.91. The Bertz CT molecular complexity index is 427. The van der Waals surface area contributed by atoms with E-state index >= 15 is 0 Å². The van der Waals surface area contributed by atoms with Crippen LogP contribution in [0, 0.1) is 0 Å². The highest BCUT2D eigenvalue weighted by molar-refractivity contribution is 5.90. The third-order valence-electron chi connectivity index (χ3n) is 3.22. The molecule has 0 radical (unpaired) electrons. The molecule has 1 aromatic rings. The van der Waals surface area contributed by atoms with Gasteiger partial charge in [0.25, 0.3) is 0 Å². The smallest absolute Gasteiger partial charge is 0.335 e. The van der Waals surface area contributed by atoms with Crippen molar-refractivity contribution in [2.24, 2.45) is 0 Å². The zero-order valence-electron chi connectivity index (χ0n) is 8.89. The number of allylic oxidation sites excluding steroid dienone is 2. The molecule has 0 unspecified atom stereocenters. The second-order valence-electron chi connectivity index (χ2n) is 4.17. The Morgan fingerprint density at radius 1 is 1.25 bits per heavy atom. The molecule has 0 bridgehead atoms. The number of benzene rings is 1. The van der Waals surface area contributed by atoms with Crippen molar-refractivity contribution in [3.05, 3.63) is 47.5 Å². The zero-order valence-corrected chi connectivity index (χ0v) is 8.89. The van der Waals surface area contributed by atoms with Crippen molar-refractivity contribution in [2.45, 2.75) is 18.3 Å². The lowest BCUT2D eigenvalue weighted by Crippen LogP contribution is -2.29. The normalized spacial score (nSPS) is 17.6. The zero-order chi connectivity index (χ0) is 11.6. The van der Waals surface area contributed by atoms with E-state index in [0.29, 0.717) is 18.4 Å². The lowest BCUT2D eigenvalue weighted by molar-refractivity contribution is 0.0692. The minimum absolute atomic E-state index is 0.0235. The summed E-state index contributed by atoms with van der Waals surface area (Å²) in [5, 5.41) is 18.7. The van der Waals surface area contributed by atoms with Gasteiger partial charge in [0.05, 0.1) is 12.2 Å². The third-order valence-corrected chi connectivity index (χ3v) is 3.22. The Labute approximate surface area is 94.0 Å². The molecular weight excluding hydrogens is 204 g/mol. The average Bonchev–Trinajstić information content (AvgIpc) is 2.78. The van der Waals surface area contributed by atoms with E-state index in [1.54, 1.807) is 18.2 Å². The first kappa shape index (κ1) is 10.9. The van der Waals surface area contributed by atoms with Gasteiger partial charge >= 0.3 is 5.97 Å². The lowest BCUT2D eigenvalue weighted by atomic mass is 9.77. The van der Waals surface area contributed by atoms with Gasteiger partial charge in [-0.2, -0.15) is 0 Å². The van der Waals surface area contributed by atoms with Crippen LogP contribution < -0.4 is 0 Å². The Hall–Kier alpha value is -1.61. The number of carboxylic acid groups (broad SMARTS) is 1. The molecule has 16 heavy (non-hydrogen) atoms. The van der Waals surface area contributed by atoms with Crippen LogP contribution in [0.2, 0.25) is 0 Å². The number of aliphatic hydroxyl groups excluding tert-OH is 1. The molecule has 0 heterocycles. The Balaban J connectivity index is 2.50. The summed E-state index contributed by atoms with van der Waals surface area (Å²) in [7, 11) is 0. The third kappa shape index (κ3) is 1.63. The molecule has 0 saturated heterocycles. The van der Waals surface area contributed by atoms with Crippen molar-refractivity contribution in [3.8, 4) is 0 Å². The summed E-state index contributed by atoms with van der Waals surface area (Å²) in [6.45, 7) is -0.0235. The highest BCUT2D eigenvalue weighted by Crippen LogP contribution is 2.38.